The number of halogens is 1. The number of piperidine rings is 1. The molecule has 1 aromatic rings. The number of aryl methyl sites for hydroxylation is 1. The normalized spacial score (nSPS) is 23.5. The van der Waals surface area contributed by atoms with E-state index in [-0.39, 0.29) is 23.6 Å². The Morgan fingerprint density at radius 2 is 2.11 bits per heavy atom. The van der Waals surface area contributed by atoms with E-state index in [1.165, 1.54) is 0 Å². The number of nitrogens with zero attached hydrogens (tertiary/aromatic N) is 1. The molecule has 1 aliphatic heterocycles. The summed E-state index contributed by atoms with van der Waals surface area (Å²) in [4.78, 5) is 14.1. The molecule has 1 amide bonds. The molecular weight excluding hydrogens is 241 g/mol. The van der Waals surface area contributed by atoms with E-state index >= 15 is 0 Å². The molecule has 2 fully saturated rings. The highest BCUT2D eigenvalue weighted by Gasteiger charge is 2.35. The zero-order chi connectivity index (χ0) is 13.4. The molecule has 0 radical (unpaired) electrons. The lowest BCUT2D eigenvalue weighted by Gasteiger charge is -2.33. The van der Waals surface area contributed by atoms with E-state index in [0.29, 0.717) is 12.1 Å². The summed E-state index contributed by atoms with van der Waals surface area (Å²) in [6, 6.07) is 5.59. The molecule has 0 spiro atoms. The van der Waals surface area contributed by atoms with Crippen LogP contribution in [0.1, 0.15) is 42.7 Å². The quantitative estimate of drug-likeness (QED) is 0.800. The van der Waals surface area contributed by atoms with Crippen molar-refractivity contribution in [1.29, 1.82) is 0 Å². The highest BCUT2D eigenvalue weighted by molar-refractivity contribution is 5.81. The summed E-state index contributed by atoms with van der Waals surface area (Å²) in [6.07, 6.45) is 4.04. The van der Waals surface area contributed by atoms with Gasteiger partial charge in [-0.2, -0.15) is 0 Å². The SMILES string of the molecule is Cc1cccc(C2CCCN(C(=O)C3CC3)C2)c1F. The van der Waals surface area contributed by atoms with E-state index in [2.05, 4.69) is 0 Å². The number of amides is 1. The number of carbonyl (C=O) groups is 1. The minimum absolute atomic E-state index is 0.0896. The lowest BCUT2D eigenvalue weighted by Crippen LogP contribution is -2.40. The molecule has 0 bridgehead atoms. The van der Waals surface area contributed by atoms with Crippen molar-refractivity contribution in [3.8, 4) is 0 Å². The molecule has 3 heteroatoms. The molecule has 0 aromatic heterocycles. The van der Waals surface area contributed by atoms with Gasteiger partial charge in [0.1, 0.15) is 5.82 Å². The van der Waals surface area contributed by atoms with Crippen molar-refractivity contribution >= 4 is 5.91 Å². The minimum Gasteiger partial charge on any atom is -0.342 e. The van der Waals surface area contributed by atoms with Gasteiger partial charge in [0.05, 0.1) is 0 Å². The molecule has 19 heavy (non-hydrogen) atoms. The molecule has 3 rings (SSSR count). The van der Waals surface area contributed by atoms with Gasteiger partial charge < -0.3 is 4.90 Å². The molecule has 0 N–H and O–H groups in total. The smallest absolute Gasteiger partial charge is 0.225 e. The van der Waals surface area contributed by atoms with E-state index in [4.69, 9.17) is 0 Å². The summed E-state index contributed by atoms with van der Waals surface area (Å²) >= 11 is 0. The first kappa shape index (κ1) is 12.6. The molecule has 1 atom stereocenters. The summed E-state index contributed by atoms with van der Waals surface area (Å²) in [5.41, 5.74) is 1.48. The number of rotatable bonds is 2. The van der Waals surface area contributed by atoms with E-state index in [9.17, 15) is 9.18 Å². The van der Waals surface area contributed by atoms with Crippen molar-refractivity contribution in [2.24, 2.45) is 5.92 Å². The summed E-state index contributed by atoms with van der Waals surface area (Å²) < 4.78 is 14.2. The third-order valence-electron chi connectivity index (χ3n) is 4.32. The number of hydrogen-bond donors (Lipinski definition) is 0. The molecular formula is C16H20FNO. The van der Waals surface area contributed by atoms with Gasteiger partial charge in [-0.25, -0.2) is 4.39 Å². The summed E-state index contributed by atoms with van der Waals surface area (Å²) in [7, 11) is 0. The number of benzene rings is 1. The Bertz CT molecular complexity index is 496. The zero-order valence-corrected chi connectivity index (χ0v) is 11.4. The third kappa shape index (κ3) is 2.51. The van der Waals surface area contributed by atoms with Gasteiger partial charge in [0, 0.05) is 24.9 Å². The molecule has 1 aliphatic carbocycles. The highest BCUT2D eigenvalue weighted by Crippen LogP contribution is 2.35. The van der Waals surface area contributed by atoms with Gasteiger partial charge in [0.25, 0.3) is 0 Å². The Morgan fingerprint density at radius 3 is 2.84 bits per heavy atom. The van der Waals surface area contributed by atoms with Gasteiger partial charge in [0.2, 0.25) is 5.91 Å². The fraction of sp³-hybridized carbons (Fsp3) is 0.562. The standard InChI is InChI=1S/C16H20FNO/c1-11-4-2-6-14(15(11)17)13-5-3-9-18(10-13)16(19)12-7-8-12/h2,4,6,12-13H,3,5,7-10H2,1H3. The van der Waals surface area contributed by atoms with Crippen LogP contribution in [0.2, 0.25) is 0 Å². The van der Waals surface area contributed by atoms with Crippen molar-refractivity contribution < 1.29 is 9.18 Å². The van der Waals surface area contributed by atoms with Crippen LogP contribution in [0.5, 0.6) is 0 Å². The minimum atomic E-state index is -0.0896. The Morgan fingerprint density at radius 1 is 1.32 bits per heavy atom. The van der Waals surface area contributed by atoms with Crippen molar-refractivity contribution in [2.75, 3.05) is 13.1 Å². The van der Waals surface area contributed by atoms with Crippen molar-refractivity contribution in [2.45, 2.75) is 38.5 Å². The van der Waals surface area contributed by atoms with Crippen molar-refractivity contribution in [3.63, 3.8) is 0 Å². The summed E-state index contributed by atoms with van der Waals surface area (Å²) in [5, 5.41) is 0. The topological polar surface area (TPSA) is 20.3 Å². The molecule has 1 aromatic carbocycles. The molecule has 2 aliphatic rings. The second-order valence-electron chi connectivity index (χ2n) is 5.88. The van der Waals surface area contributed by atoms with Crippen LogP contribution in [0.3, 0.4) is 0 Å². The zero-order valence-electron chi connectivity index (χ0n) is 11.4. The fourth-order valence-electron chi connectivity index (χ4n) is 3.01. The van der Waals surface area contributed by atoms with Crippen LogP contribution >= 0.6 is 0 Å². The van der Waals surface area contributed by atoms with E-state index in [1.54, 1.807) is 13.0 Å². The third-order valence-corrected chi connectivity index (χ3v) is 4.32. The Balaban J connectivity index is 1.77. The van der Waals surface area contributed by atoms with E-state index in [0.717, 1.165) is 37.8 Å². The fourth-order valence-corrected chi connectivity index (χ4v) is 3.01. The van der Waals surface area contributed by atoms with Crippen LogP contribution in [0.25, 0.3) is 0 Å². The number of likely N-dealkylation sites (tertiary alicyclic amines) is 1. The van der Waals surface area contributed by atoms with Crippen LogP contribution in [0.4, 0.5) is 4.39 Å². The molecule has 102 valence electrons. The first-order valence-corrected chi connectivity index (χ1v) is 7.20. The highest BCUT2D eigenvalue weighted by atomic mass is 19.1. The second-order valence-corrected chi connectivity index (χ2v) is 5.88. The van der Waals surface area contributed by atoms with Gasteiger partial charge in [-0.3, -0.25) is 4.79 Å². The molecule has 1 heterocycles. The van der Waals surface area contributed by atoms with Crippen LogP contribution in [0, 0.1) is 18.7 Å². The van der Waals surface area contributed by atoms with Gasteiger partial charge >= 0.3 is 0 Å². The summed E-state index contributed by atoms with van der Waals surface area (Å²) in [5.74, 6) is 0.628. The lowest BCUT2D eigenvalue weighted by atomic mass is 9.89. The lowest BCUT2D eigenvalue weighted by molar-refractivity contribution is -0.133. The average molecular weight is 261 g/mol. The largest absolute Gasteiger partial charge is 0.342 e. The van der Waals surface area contributed by atoms with Gasteiger partial charge in [0.15, 0.2) is 0 Å². The number of carbonyl (C=O) groups excluding carboxylic acids is 1. The Hall–Kier alpha value is -1.38. The average Bonchev–Trinajstić information content (AvgIpc) is 3.26. The van der Waals surface area contributed by atoms with Crippen LogP contribution in [-0.4, -0.2) is 23.9 Å². The van der Waals surface area contributed by atoms with Crippen LogP contribution in [0.15, 0.2) is 18.2 Å². The maximum Gasteiger partial charge on any atom is 0.225 e. The molecule has 1 saturated carbocycles. The Labute approximate surface area is 113 Å². The predicted octanol–water partition coefficient (Wildman–Crippen LogP) is 3.25. The first-order valence-electron chi connectivity index (χ1n) is 7.20. The monoisotopic (exact) mass is 261 g/mol. The van der Waals surface area contributed by atoms with Crippen LogP contribution < -0.4 is 0 Å². The molecule has 2 nitrogen and oxygen atoms in total. The molecule has 1 unspecified atom stereocenters. The maximum absolute atomic E-state index is 14.2. The molecule has 1 saturated heterocycles. The summed E-state index contributed by atoms with van der Waals surface area (Å²) in [6.45, 7) is 3.34. The first-order chi connectivity index (χ1) is 9.16. The predicted molar refractivity (Wildman–Crippen MR) is 72.4 cm³/mol. The van der Waals surface area contributed by atoms with E-state index in [1.807, 2.05) is 17.0 Å². The van der Waals surface area contributed by atoms with E-state index < -0.39 is 0 Å². The second kappa shape index (κ2) is 4.95. The Kier molecular flexibility index (Phi) is 3.29. The van der Waals surface area contributed by atoms with Crippen molar-refractivity contribution in [1.82, 2.24) is 4.90 Å². The van der Waals surface area contributed by atoms with Gasteiger partial charge in [-0.05, 0) is 43.7 Å². The van der Waals surface area contributed by atoms with Gasteiger partial charge in [-0.1, -0.05) is 18.2 Å². The van der Waals surface area contributed by atoms with Crippen LogP contribution in [-0.2, 0) is 4.79 Å². The van der Waals surface area contributed by atoms with Crippen molar-refractivity contribution in [3.05, 3.63) is 35.1 Å². The number of hydrogen-bond acceptors (Lipinski definition) is 1. The van der Waals surface area contributed by atoms with Gasteiger partial charge in [-0.15, -0.1) is 0 Å². The maximum atomic E-state index is 14.2.